The summed E-state index contributed by atoms with van der Waals surface area (Å²) in [7, 11) is -3.74. The SMILES string of the molecule is Cc1ccc(NS(=O)(=O)c2ccc(Cl)nc2)cc1O. The van der Waals surface area contributed by atoms with Gasteiger partial charge in [0.1, 0.15) is 15.8 Å². The number of hydrogen-bond acceptors (Lipinski definition) is 4. The number of benzene rings is 1. The molecule has 0 radical (unpaired) electrons. The van der Waals surface area contributed by atoms with Gasteiger partial charge in [-0.05, 0) is 30.7 Å². The van der Waals surface area contributed by atoms with Crippen LogP contribution in [0.3, 0.4) is 0 Å². The molecule has 0 unspecified atom stereocenters. The Hall–Kier alpha value is -1.79. The Balaban J connectivity index is 2.30. The number of aromatic hydroxyl groups is 1. The van der Waals surface area contributed by atoms with E-state index < -0.39 is 10.0 Å². The maximum absolute atomic E-state index is 12.0. The maximum atomic E-state index is 12.0. The van der Waals surface area contributed by atoms with Gasteiger partial charge >= 0.3 is 0 Å². The molecule has 0 saturated heterocycles. The Labute approximate surface area is 115 Å². The standard InChI is InChI=1S/C12H11ClN2O3S/c1-8-2-3-9(6-11(8)16)15-19(17,18)10-4-5-12(13)14-7-10/h2-7,15-16H,1H3. The third-order valence-corrected chi connectivity index (χ3v) is 4.06. The van der Waals surface area contributed by atoms with Gasteiger partial charge in [-0.25, -0.2) is 13.4 Å². The van der Waals surface area contributed by atoms with Gasteiger partial charge in [0.2, 0.25) is 0 Å². The van der Waals surface area contributed by atoms with Crippen molar-refractivity contribution in [2.24, 2.45) is 0 Å². The lowest BCUT2D eigenvalue weighted by molar-refractivity contribution is 0.471. The first kappa shape index (κ1) is 13.6. The summed E-state index contributed by atoms with van der Waals surface area (Å²) in [5.41, 5.74) is 0.939. The molecule has 2 N–H and O–H groups in total. The van der Waals surface area contributed by atoms with Crippen LogP contribution < -0.4 is 4.72 Å². The van der Waals surface area contributed by atoms with Crippen molar-refractivity contribution in [3.63, 3.8) is 0 Å². The number of aromatic nitrogens is 1. The van der Waals surface area contributed by atoms with Crippen molar-refractivity contribution in [2.45, 2.75) is 11.8 Å². The summed E-state index contributed by atoms with van der Waals surface area (Å²) in [6.07, 6.45) is 1.17. The highest BCUT2D eigenvalue weighted by atomic mass is 35.5. The molecule has 100 valence electrons. The molecule has 19 heavy (non-hydrogen) atoms. The molecule has 2 aromatic rings. The first-order valence-corrected chi connectivity index (χ1v) is 7.18. The van der Waals surface area contributed by atoms with Crippen LogP contribution >= 0.6 is 11.6 Å². The third kappa shape index (κ3) is 3.15. The topological polar surface area (TPSA) is 79.3 Å². The van der Waals surface area contributed by atoms with E-state index in [1.54, 1.807) is 19.1 Å². The van der Waals surface area contributed by atoms with E-state index in [9.17, 15) is 13.5 Å². The largest absolute Gasteiger partial charge is 0.508 e. The van der Waals surface area contributed by atoms with Crippen LogP contribution in [-0.4, -0.2) is 18.5 Å². The van der Waals surface area contributed by atoms with E-state index in [1.807, 2.05) is 0 Å². The zero-order chi connectivity index (χ0) is 14.0. The van der Waals surface area contributed by atoms with E-state index >= 15 is 0 Å². The highest BCUT2D eigenvalue weighted by Crippen LogP contribution is 2.23. The average Bonchev–Trinajstić information content (AvgIpc) is 2.34. The van der Waals surface area contributed by atoms with Gasteiger partial charge in [-0.3, -0.25) is 4.72 Å². The number of rotatable bonds is 3. The van der Waals surface area contributed by atoms with E-state index in [-0.39, 0.29) is 21.5 Å². The molecule has 0 spiro atoms. The summed E-state index contributed by atoms with van der Waals surface area (Å²) in [6, 6.07) is 7.27. The van der Waals surface area contributed by atoms with Gasteiger partial charge < -0.3 is 5.11 Å². The molecule has 2 rings (SSSR count). The summed E-state index contributed by atoms with van der Waals surface area (Å²) >= 11 is 5.60. The van der Waals surface area contributed by atoms with E-state index in [0.717, 1.165) is 0 Å². The zero-order valence-corrected chi connectivity index (χ0v) is 11.5. The molecular weight excluding hydrogens is 288 g/mol. The fourth-order valence-electron chi connectivity index (χ4n) is 1.41. The van der Waals surface area contributed by atoms with Crippen LogP contribution in [-0.2, 0) is 10.0 Å². The van der Waals surface area contributed by atoms with Crippen molar-refractivity contribution in [3.8, 4) is 5.75 Å². The first-order valence-electron chi connectivity index (χ1n) is 5.32. The van der Waals surface area contributed by atoms with Gasteiger partial charge in [-0.15, -0.1) is 0 Å². The number of aryl methyl sites for hydroxylation is 1. The van der Waals surface area contributed by atoms with Crippen molar-refractivity contribution in [1.29, 1.82) is 0 Å². The number of halogens is 1. The van der Waals surface area contributed by atoms with Gasteiger partial charge in [-0.1, -0.05) is 17.7 Å². The molecule has 0 amide bonds. The Morgan fingerprint density at radius 3 is 2.58 bits per heavy atom. The molecule has 0 fully saturated rings. The Morgan fingerprint density at radius 2 is 2.00 bits per heavy atom. The number of pyridine rings is 1. The Morgan fingerprint density at radius 1 is 1.26 bits per heavy atom. The van der Waals surface area contributed by atoms with Gasteiger partial charge in [0.25, 0.3) is 10.0 Å². The monoisotopic (exact) mass is 298 g/mol. The maximum Gasteiger partial charge on any atom is 0.263 e. The number of hydrogen-bond donors (Lipinski definition) is 2. The van der Waals surface area contributed by atoms with E-state index in [1.165, 1.54) is 24.4 Å². The van der Waals surface area contributed by atoms with Crippen LogP contribution in [0.15, 0.2) is 41.4 Å². The van der Waals surface area contributed by atoms with Crippen molar-refractivity contribution in [3.05, 3.63) is 47.2 Å². The number of sulfonamides is 1. The molecule has 0 atom stereocenters. The Kier molecular flexibility index (Phi) is 3.64. The molecular formula is C12H11ClN2O3S. The molecule has 0 aliphatic carbocycles. The fraction of sp³-hybridized carbons (Fsp3) is 0.0833. The summed E-state index contributed by atoms with van der Waals surface area (Å²) in [6.45, 7) is 1.72. The number of phenols is 1. The molecule has 0 saturated carbocycles. The number of anilines is 1. The molecule has 1 aromatic carbocycles. The van der Waals surface area contributed by atoms with E-state index in [4.69, 9.17) is 11.6 Å². The summed E-state index contributed by atoms with van der Waals surface area (Å²) < 4.78 is 26.4. The molecule has 5 nitrogen and oxygen atoms in total. The van der Waals surface area contributed by atoms with E-state index in [2.05, 4.69) is 9.71 Å². The van der Waals surface area contributed by atoms with Crippen LogP contribution in [0.2, 0.25) is 5.15 Å². The second-order valence-electron chi connectivity index (χ2n) is 3.92. The quantitative estimate of drug-likeness (QED) is 0.854. The number of nitrogens with zero attached hydrogens (tertiary/aromatic N) is 1. The number of phenolic OH excluding ortho intramolecular Hbond substituents is 1. The molecule has 0 aliphatic rings. The normalized spacial score (nSPS) is 11.3. The van der Waals surface area contributed by atoms with E-state index in [0.29, 0.717) is 5.56 Å². The minimum Gasteiger partial charge on any atom is -0.508 e. The Bertz CT molecular complexity index is 699. The zero-order valence-electron chi connectivity index (χ0n) is 9.96. The molecule has 7 heteroatoms. The smallest absolute Gasteiger partial charge is 0.263 e. The van der Waals surface area contributed by atoms with Crippen molar-refractivity contribution < 1.29 is 13.5 Å². The van der Waals surface area contributed by atoms with Crippen molar-refractivity contribution >= 4 is 27.3 Å². The summed E-state index contributed by atoms with van der Waals surface area (Å²) in [4.78, 5) is 3.71. The predicted octanol–water partition coefficient (Wildman–Crippen LogP) is 2.55. The summed E-state index contributed by atoms with van der Waals surface area (Å²) in [5, 5.41) is 9.75. The second kappa shape index (κ2) is 5.07. The summed E-state index contributed by atoms with van der Waals surface area (Å²) in [5.74, 6) is 0.0226. The molecule has 1 aromatic heterocycles. The van der Waals surface area contributed by atoms with Gasteiger partial charge in [-0.2, -0.15) is 0 Å². The number of nitrogens with one attached hydrogen (secondary N) is 1. The van der Waals surface area contributed by atoms with Crippen molar-refractivity contribution in [1.82, 2.24) is 4.98 Å². The fourth-order valence-corrected chi connectivity index (χ4v) is 2.51. The lowest BCUT2D eigenvalue weighted by Gasteiger charge is -2.09. The first-order chi connectivity index (χ1) is 8.88. The van der Waals surface area contributed by atoms with Gasteiger partial charge in [0, 0.05) is 12.3 Å². The van der Waals surface area contributed by atoms with Crippen LogP contribution in [0.4, 0.5) is 5.69 Å². The second-order valence-corrected chi connectivity index (χ2v) is 5.99. The highest BCUT2D eigenvalue weighted by molar-refractivity contribution is 7.92. The predicted molar refractivity (Wildman–Crippen MR) is 72.9 cm³/mol. The molecule has 0 bridgehead atoms. The minimum absolute atomic E-state index is 0.00281. The minimum atomic E-state index is -3.74. The van der Waals surface area contributed by atoms with Gasteiger partial charge in [0.15, 0.2) is 0 Å². The lowest BCUT2D eigenvalue weighted by Crippen LogP contribution is -2.13. The van der Waals surface area contributed by atoms with Crippen LogP contribution in [0.1, 0.15) is 5.56 Å². The van der Waals surface area contributed by atoms with Crippen molar-refractivity contribution in [2.75, 3.05) is 4.72 Å². The third-order valence-electron chi connectivity index (χ3n) is 2.47. The highest BCUT2D eigenvalue weighted by Gasteiger charge is 2.15. The lowest BCUT2D eigenvalue weighted by atomic mass is 10.2. The van der Waals surface area contributed by atoms with Crippen LogP contribution in [0.25, 0.3) is 0 Å². The van der Waals surface area contributed by atoms with Gasteiger partial charge in [0.05, 0.1) is 5.69 Å². The molecule has 1 heterocycles. The average molecular weight is 299 g/mol. The van der Waals surface area contributed by atoms with Crippen LogP contribution in [0.5, 0.6) is 5.75 Å². The van der Waals surface area contributed by atoms with Crippen LogP contribution in [0, 0.1) is 6.92 Å². The molecule has 0 aliphatic heterocycles.